The second-order valence-corrected chi connectivity index (χ2v) is 8.38. The number of hydrogen-bond donors (Lipinski definition) is 0. The highest BCUT2D eigenvalue weighted by molar-refractivity contribution is 7.90. The van der Waals surface area contributed by atoms with Crippen molar-refractivity contribution in [3.63, 3.8) is 0 Å². The van der Waals surface area contributed by atoms with Crippen LogP contribution < -0.4 is 0 Å². The van der Waals surface area contributed by atoms with Crippen LogP contribution in [0.1, 0.15) is 17.7 Å². The molecule has 0 saturated heterocycles. The van der Waals surface area contributed by atoms with Gasteiger partial charge in [-0.1, -0.05) is 36.4 Å². The summed E-state index contributed by atoms with van der Waals surface area (Å²) in [6.45, 7) is 0. The molecule has 0 amide bonds. The third-order valence-electron chi connectivity index (χ3n) is 4.82. The van der Waals surface area contributed by atoms with Gasteiger partial charge in [-0.15, -0.1) is 11.6 Å². The van der Waals surface area contributed by atoms with Gasteiger partial charge in [0.1, 0.15) is 0 Å². The molecule has 1 aliphatic carbocycles. The van der Waals surface area contributed by atoms with E-state index < -0.39 is 10.0 Å². The predicted octanol–water partition coefficient (Wildman–Crippen LogP) is 4.22. The molecule has 0 saturated carbocycles. The Kier molecular flexibility index (Phi) is 3.89. The first kappa shape index (κ1) is 15.7. The molecule has 0 N–H and O–H groups in total. The molecular weight excluding hydrogens is 342 g/mol. The number of fused-ring (bicyclic) bond motifs is 3. The number of alkyl halides is 1. The Morgan fingerprint density at radius 2 is 1.75 bits per heavy atom. The van der Waals surface area contributed by atoms with E-state index in [9.17, 15) is 8.42 Å². The highest BCUT2D eigenvalue weighted by Gasteiger charge is 2.30. The second-order valence-electron chi connectivity index (χ2n) is 6.29. The van der Waals surface area contributed by atoms with Crippen molar-refractivity contribution in [1.82, 2.24) is 3.97 Å². The van der Waals surface area contributed by atoms with E-state index >= 15 is 0 Å². The minimum Gasteiger partial charge on any atom is -0.238 e. The van der Waals surface area contributed by atoms with E-state index in [1.807, 2.05) is 30.3 Å². The van der Waals surface area contributed by atoms with Crippen LogP contribution in [0.25, 0.3) is 10.9 Å². The van der Waals surface area contributed by atoms with Crippen LogP contribution in [-0.2, 0) is 22.9 Å². The van der Waals surface area contributed by atoms with Crippen LogP contribution in [0.2, 0.25) is 0 Å². The molecule has 1 aromatic heterocycles. The van der Waals surface area contributed by atoms with Crippen molar-refractivity contribution in [3.05, 3.63) is 65.9 Å². The van der Waals surface area contributed by atoms with Gasteiger partial charge in [-0.2, -0.15) is 0 Å². The lowest BCUT2D eigenvalue weighted by atomic mass is 9.87. The van der Waals surface area contributed by atoms with E-state index in [0.717, 1.165) is 41.4 Å². The first-order valence-electron chi connectivity index (χ1n) is 8.10. The molecule has 124 valence electrons. The van der Waals surface area contributed by atoms with Gasteiger partial charge in [-0.25, -0.2) is 12.4 Å². The third kappa shape index (κ3) is 2.36. The number of halogens is 1. The van der Waals surface area contributed by atoms with Crippen molar-refractivity contribution in [2.24, 2.45) is 5.92 Å². The summed E-state index contributed by atoms with van der Waals surface area (Å²) in [5.74, 6) is 1.03. The van der Waals surface area contributed by atoms with Gasteiger partial charge < -0.3 is 0 Å². The molecule has 1 heterocycles. The summed E-state index contributed by atoms with van der Waals surface area (Å²) in [6.07, 6.45) is 2.52. The van der Waals surface area contributed by atoms with E-state index in [0.29, 0.717) is 16.7 Å². The Hall–Kier alpha value is -1.78. The molecule has 4 rings (SSSR count). The highest BCUT2D eigenvalue weighted by Crippen LogP contribution is 2.36. The van der Waals surface area contributed by atoms with Crippen molar-refractivity contribution < 1.29 is 8.42 Å². The summed E-state index contributed by atoms with van der Waals surface area (Å²) in [6, 6.07) is 16.4. The molecule has 1 aliphatic rings. The maximum absolute atomic E-state index is 13.3. The Bertz CT molecular complexity index is 993. The van der Waals surface area contributed by atoms with Crippen LogP contribution >= 0.6 is 11.6 Å². The highest BCUT2D eigenvalue weighted by atomic mass is 35.5. The molecule has 5 heteroatoms. The summed E-state index contributed by atoms with van der Waals surface area (Å²) in [5.41, 5.74) is 2.82. The molecule has 0 fully saturated rings. The zero-order valence-electron chi connectivity index (χ0n) is 13.2. The molecule has 1 unspecified atom stereocenters. The van der Waals surface area contributed by atoms with Crippen LogP contribution in [0.5, 0.6) is 0 Å². The fourth-order valence-corrected chi connectivity index (χ4v) is 5.53. The van der Waals surface area contributed by atoms with Crippen LogP contribution in [0.3, 0.4) is 0 Å². The topological polar surface area (TPSA) is 39.1 Å². The van der Waals surface area contributed by atoms with Crippen LogP contribution in [0.4, 0.5) is 0 Å². The SMILES string of the molecule is O=S(=O)(c1ccccc1)n1c2c(c3ccccc31)CC(CCl)CC2. The number of aromatic nitrogens is 1. The summed E-state index contributed by atoms with van der Waals surface area (Å²) in [7, 11) is -3.60. The van der Waals surface area contributed by atoms with E-state index in [2.05, 4.69) is 0 Å². The largest absolute Gasteiger partial charge is 0.268 e. The summed E-state index contributed by atoms with van der Waals surface area (Å²) >= 11 is 6.07. The van der Waals surface area contributed by atoms with Gasteiger partial charge in [0, 0.05) is 17.0 Å². The van der Waals surface area contributed by atoms with Crippen molar-refractivity contribution >= 4 is 32.5 Å². The number of para-hydroxylation sites is 1. The normalized spacial score (nSPS) is 17.8. The zero-order valence-corrected chi connectivity index (χ0v) is 14.7. The van der Waals surface area contributed by atoms with Gasteiger partial charge in [0.25, 0.3) is 10.0 Å². The van der Waals surface area contributed by atoms with Crippen LogP contribution in [0, 0.1) is 5.92 Å². The molecule has 3 nitrogen and oxygen atoms in total. The molecule has 0 radical (unpaired) electrons. The molecule has 0 spiro atoms. The molecule has 24 heavy (non-hydrogen) atoms. The van der Waals surface area contributed by atoms with Gasteiger partial charge in [0.2, 0.25) is 0 Å². The van der Waals surface area contributed by atoms with Crippen molar-refractivity contribution in [2.75, 3.05) is 5.88 Å². The fourth-order valence-electron chi connectivity index (χ4n) is 3.65. The van der Waals surface area contributed by atoms with E-state index in [4.69, 9.17) is 11.6 Å². The average Bonchev–Trinajstić information content (AvgIpc) is 2.96. The van der Waals surface area contributed by atoms with E-state index in [-0.39, 0.29) is 0 Å². The van der Waals surface area contributed by atoms with Gasteiger partial charge in [-0.3, -0.25) is 0 Å². The Morgan fingerprint density at radius 1 is 1.04 bits per heavy atom. The monoisotopic (exact) mass is 359 g/mol. The first-order chi connectivity index (χ1) is 11.6. The number of hydrogen-bond acceptors (Lipinski definition) is 2. The molecule has 2 aromatic carbocycles. The predicted molar refractivity (Wildman–Crippen MR) is 97.2 cm³/mol. The van der Waals surface area contributed by atoms with Gasteiger partial charge in [-0.05, 0) is 48.9 Å². The number of benzene rings is 2. The van der Waals surface area contributed by atoms with Gasteiger partial charge in [0.15, 0.2) is 0 Å². The lowest BCUT2D eigenvalue weighted by Gasteiger charge is -2.22. The standard InChI is InChI=1S/C19H18ClNO2S/c20-13-14-10-11-19-17(12-14)16-8-4-5-9-18(16)21(19)24(22,23)15-6-2-1-3-7-15/h1-9,14H,10-13H2. The third-order valence-corrected chi connectivity index (χ3v) is 7.03. The summed E-state index contributed by atoms with van der Waals surface area (Å²) < 4.78 is 28.1. The Morgan fingerprint density at radius 3 is 2.50 bits per heavy atom. The van der Waals surface area contributed by atoms with Gasteiger partial charge >= 0.3 is 0 Å². The van der Waals surface area contributed by atoms with E-state index in [1.165, 1.54) is 0 Å². The van der Waals surface area contributed by atoms with E-state index in [1.54, 1.807) is 28.2 Å². The Balaban J connectivity index is 2.00. The maximum Gasteiger partial charge on any atom is 0.268 e. The minimum absolute atomic E-state index is 0.327. The lowest BCUT2D eigenvalue weighted by Crippen LogP contribution is -2.21. The molecule has 3 aromatic rings. The second kappa shape index (κ2) is 5.94. The lowest BCUT2D eigenvalue weighted by molar-refractivity contribution is 0.500. The summed E-state index contributed by atoms with van der Waals surface area (Å²) in [4.78, 5) is 0.327. The van der Waals surface area contributed by atoms with Crippen LogP contribution in [-0.4, -0.2) is 18.3 Å². The van der Waals surface area contributed by atoms with Crippen LogP contribution in [0.15, 0.2) is 59.5 Å². The number of rotatable bonds is 3. The Labute approximate surface area is 146 Å². The van der Waals surface area contributed by atoms with Crippen molar-refractivity contribution in [3.8, 4) is 0 Å². The molecule has 1 atom stereocenters. The maximum atomic E-state index is 13.3. The fraction of sp³-hybridized carbons (Fsp3) is 0.263. The first-order valence-corrected chi connectivity index (χ1v) is 10.1. The van der Waals surface area contributed by atoms with Gasteiger partial charge in [0.05, 0.1) is 10.4 Å². The average molecular weight is 360 g/mol. The summed E-state index contributed by atoms with van der Waals surface area (Å²) in [5, 5.41) is 1.03. The minimum atomic E-state index is -3.60. The smallest absolute Gasteiger partial charge is 0.238 e. The quantitative estimate of drug-likeness (QED) is 0.657. The van der Waals surface area contributed by atoms with Crippen molar-refractivity contribution in [1.29, 1.82) is 0 Å². The molecular formula is C19H18ClNO2S. The molecule has 0 aliphatic heterocycles. The zero-order chi connectivity index (χ0) is 16.7. The molecule has 0 bridgehead atoms. The van der Waals surface area contributed by atoms with Crippen molar-refractivity contribution in [2.45, 2.75) is 24.2 Å². The number of nitrogens with zero attached hydrogens (tertiary/aromatic N) is 1.